The minimum absolute atomic E-state index is 0.463. The Kier molecular flexibility index (Phi) is 1.47. The first kappa shape index (κ1) is 8.28. The van der Waals surface area contributed by atoms with Crippen LogP contribution in [0.4, 0.5) is 0 Å². The van der Waals surface area contributed by atoms with Gasteiger partial charge in [-0.25, -0.2) is 5.11 Å². The highest BCUT2D eigenvalue weighted by Gasteiger charge is 2.70. The van der Waals surface area contributed by atoms with E-state index in [2.05, 4.69) is 6.92 Å². The Hall–Kier alpha value is -0.0400. The topological polar surface area (TPSA) is 19.9 Å². The molecule has 3 aliphatic rings. The van der Waals surface area contributed by atoms with Gasteiger partial charge in [-0.05, 0) is 42.9 Å². The summed E-state index contributed by atoms with van der Waals surface area (Å²) in [6.07, 6.45) is 8.69. The van der Waals surface area contributed by atoms with Crippen LogP contribution in [0.25, 0.3) is 0 Å². The summed E-state index contributed by atoms with van der Waals surface area (Å²) in [4.78, 5) is 0. The van der Waals surface area contributed by atoms with Gasteiger partial charge in [-0.2, -0.15) is 0 Å². The first-order valence-electron chi connectivity index (χ1n) is 5.88. The van der Waals surface area contributed by atoms with Gasteiger partial charge in [-0.3, -0.25) is 0 Å². The summed E-state index contributed by atoms with van der Waals surface area (Å²) in [7, 11) is 0. The smallest absolute Gasteiger partial charge is 0.110 e. The first-order valence-corrected chi connectivity index (χ1v) is 5.88. The molecule has 4 atom stereocenters. The number of hydrogen-bond acceptors (Lipinski definition) is 0. The Balaban J connectivity index is 1.93. The lowest BCUT2D eigenvalue weighted by Crippen LogP contribution is -2.66. The van der Waals surface area contributed by atoms with E-state index in [-0.39, 0.29) is 0 Å². The Morgan fingerprint density at radius 2 is 1.69 bits per heavy atom. The summed E-state index contributed by atoms with van der Waals surface area (Å²) in [5.74, 6) is 1.09. The zero-order valence-electron chi connectivity index (χ0n) is 8.51. The van der Waals surface area contributed by atoms with Crippen molar-refractivity contribution in [1.29, 1.82) is 0 Å². The summed E-state index contributed by atoms with van der Waals surface area (Å²) in [6, 6.07) is 0. The third-order valence-electron chi connectivity index (χ3n) is 5.29. The third-order valence-corrected chi connectivity index (χ3v) is 5.29. The summed E-state index contributed by atoms with van der Waals surface area (Å²) in [5, 5.41) is 12.5. The lowest BCUT2D eigenvalue weighted by Gasteiger charge is -2.64. The van der Waals surface area contributed by atoms with Crippen LogP contribution in [0.1, 0.15) is 51.9 Å². The Morgan fingerprint density at radius 1 is 1.00 bits per heavy atom. The fraction of sp³-hybridized carbons (Fsp3) is 1.00. The molecule has 1 heteroatoms. The first-order chi connectivity index (χ1) is 6.18. The van der Waals surface area contributed by atoms with Gasteiger partial charge in [0.15, 0.2) is 0 Å². The van der Waals surface area contributed by atoms with Gasteiger partial charge in [0, 0.05) is 0 Å². The van der Waals surface area contributed by atoms with Crippen LogP contribution in [0.5, 0.6) is 0 Å². The Labute approximate surface area is 80.5 Å². The molecule has 3 saturated carbocycles. The van der Waals surface area contributed by atoms with Crippen molar-refractivity contribution < 1.29 is 5.11 Å². The summed E-state index contributed by atoms with van der Waals surface area (Å²) < 4.78 is 0. The molecule has 3 fully saturated rings. The third kappa shape index (κ3) is 0.782. The van der Waals surface area contributed by atoms with Crippen molar-refractivity contribution in [3.05, 3.63) is 0 Å². The van der Waals surface area contributed by atoms with Gasteiger partial charge in [-0.1, -0.05) is 26.2 Å². The molecular formula is C12H19O. The standard InChI is InChI=1S/C12H19O/c1-11-7-3-2-5-9(11)12(13)8-4-6-10(11)12/h9-10H,2-8H2,1H3/t9?,10?,11-,12+/m1/s1. The van der Waals surface area contributed by atoms with E-state index in [9.17, 15) is 5.11 Å². The normalized spacial score (nSPS) is 59.5. The highest BCUT2D eigenvalue weighted by Crippen LogP contribution is 2.70. The van der Waals surface area contributed by atoms with Crippen LogP contribution in [0.2, 0.25) is 0 Å². The molecule has 2 unspecified atom stereocenters. The number of fused-ring (bicyclic) bond motifs is 4. The lowest BCUT2D eigenvalue weighted by molar-refractivity contribution is -0.274. The molecule has 0 heterocycles. The van der Waals surface area contributed by atoms with Gasteiger partial charge < -0.3 is 0 Å². The summed E-state index contributed by atoms with van der Waals surface area (Å²) in [6.45, 7) is 2.39. The van der Waals surface area contributed by atoms with E-state index in [1.54, 1.807) is 0 Å². The molecule has 0 N–H and O–H groups in total. The van der Waals surface area contributed by atoms with Gasteiger partial charge in [0.05, 0.1) is 0 Å². The average Bonchev–Trinajstić information content (AvgIpc) is 2.45. The van der Waals surface area contributed by atoms with Crippen LogP contribution >= 0.6 is 0 Å². The summed E-state index contributed by atoms with van der Waals surface area (Å²) in [5.41, 5.74) is 0.00563. The zero-order valence-corrected chi connectivity index (χ0v) is 8.51. The van der Waals surface area contributed by atoms with Gasteiger partial charge in [0.25, 0.3) is 0 Å². The Morgan fingerprint density at radius 3 is 2.46 bits per heavy atom. The molecule has 1 nitrogen and oxygen atoms in total. The van der Waals surface area contributed by atoms with Gasteiger partial charge >= 0.3 is 0 Å². The van der Waals surface area contributed by atoms with Crippen molar-refractivity contribution in [3.63, 3.8) is 0 Å². The molecule has 1 radical (unpaired) electrons. The monoisotopic (exact) mass is 179 g/mol. The van der Waals surface area contributed by atoms with E-state index < -0.39 is 5.60 Å². The molecule has 3 aliphatic carbocycles. The van der Waals surface area contributed by atoms with E-state index in [1.807, 2.05) is 0 Å². The molecule has 0 aromatic rings. The second-order valence-corrected chi connectivity index (χ2v) is 5.70. The highest BCUT2D eigenvalue weighted by atomic mass is 16.3. The molecule has 0 aromatic carbocycles. The van der Waals surface area contributed by atoms with Crippen LogP contribution < -0.4 is 0 Å². The summed E-state index contributed by atoms with van der Waals surface area (Å²) >= 11 is 0. The lowest BCUT2D eigenvalue weighted by atomic mass is 9.42. The van der Waals surface area contributed by atoms with Crippen LogP contribution in [0.15, 0.2) is 0 Å². The maximum absolute atomic E-state index is 12.5. The second-order valence-electron chi connectivity index (χ2n) is 5.70. The molecule has 73 valence electrons. The number of hydrogen-bond donors (Lipinski definition) is 0. The minimum atomic E-state index is -0.463. The van der Waals surface area contributed by atoms with Gasteiger partial charge in [0.2, 0.25) is 0 Å². The van der Waals surface area contributed by atoms with E-state index in [1.165, 1.54) is 38.5 Å². The quantitative estimate of drug-likeness (QED) is 0.544. The fourth-order valence-corrected chi connectivity index (χ4v) is 4.79. The zero-order chi connectivity index (χ0) is 9.10. The molecule has 0 amide bonds. The maximum atomic E-state index is 12.5. The number of rotatable bonds is 0. The predicted molar refractivity (Wildman–Crippen MR) is 50.8 cm³/mol. The fourth-order valence-electron chi connectivity index (χ4n) is 4.79. The van der Waals surface area contributed by atoms with Gasteiger partial charge in [0.1, 0.15) is 5.60 Å². The molecule has 0 aliphatic heterocycles. The molecule has 13 heavy (non-hydrogen) atoms. The van der Waals surface area contributed by atoms with Crippen molar-refractivity contribution in [3.8, 4) is 0 Å². The molecule has 0 aromatic heterocycles. The molecule has 0 bridgehead atoms. The SMILES string of the molecule is C[C@@]12CCCCC1[C@@]1([O])CCCC21. The van der Waals surface area contributed by atoms with Gasteiger partial charge in [-0.15, -0.1) is 0 Å². The molecular weight excluding hydrogens is 160 g/mol. The van der Waals surface area contributed by atoms with Crippen LogP contribution in [-0.4, -0.2) is 5.60 Å². The molecule has 3 rings (SSSR count). The minimum Gasteiger partial charge on any atom is -0.229 e. The predicted octanol–water partition coefficient (Wildman–Crippen LogP) is 3.17. The second kappa shape index (κ2) is 2.31. The highest BCUT2D eigenvalue weighted by molar-refractivity contribution is 5.18. The van der Waals surface area contributed by atoms with E-state index in [0.717, 1.165) is 6.42 Å². The van der Waals surface area contributed by atoms with Crippen molar-refractivity contribution in [2.45, 2.75) is 57.5 Å². The average molecular weight is 179 g/mol. The van der Waals surface area contributed by atoms with Crippen molar-refractivity contribution in [2.75, 3.05) is 0 Å². The van der Waals surface area contributed by atoms with Crippen LogP contribution in [0.3, 0.4) is 0 Å². The molecule has 0 spiro atoms. The molecule has 0 saturated heterocycles. The van der Waals surface area contributed by atoms with Crippen molar-refractivity contribution in [1.82, 2.24) is 0 Å². The van der Waals surface area contributed by atoms with Crippen molar-refractivity contribution >= 4 is 0 Å². The largest absolute Gasteiger partial charge is 0.229 e. The van der Waals surface area contributed by atoms with Crippen LogP contribution in [-0.2, 0) is 5.11 Å². The van der Waals surface area contributed by atoms with E-state index >= 15 is 0 Å². The maximum Gasteiger partial charge on any atom is 0.110 e. The Bertz CT molecular complexity index is 237. The van der Waals surface area contributed by atoms with Crippen molar-refractivity contribution in [2.24, 2.45) is 17.3 Å². The van der Waals surface area contributed by atoms with E-state index in [0.29, 0.717) is 17.3 Å². The van der Waals surface area contributed by atoms with E-state index in [4.69, 9.17) is 0 Å². The van der Waals surface area contributed by atoms with Crippen LogP contribution in [0, 0.1) is 17.3 Å².